The molecule has 1 heterocycles. The highest BCUT2D eigenvalue weighted by Crippen LogP contribution is 2.39. The number of nitriles is 1. The van der Waals surface area contributed by atoms with Crippen LogP contribution in [0.15, 0.2) is 12.1 Å². The van der Waals surface area contributed by atoms with Crippen LogP contribution in [0.25, 0.3) is 0 Å². The average molecular weight is 392 g/mol. The molecule has 11 nitrogen and oxygen atoms in total. The Balaban J connectivity index is 2.46. The van der Waals surface area contributed by atoms with E-state index in [1.807, 2.05) is 0 Å². The van der Waals surface area contributed by atoms with Gasteiger partial charge in [-0.2, -0.15) is 5.26 Å². The number of carboxylic acid groups (broad SMARTS) is 1. The van der Waals surface area contributed by atoms with E-state index in [0.717, 1.165) is 0 Å². The summed E-state index contributed by atoms with van der Waals surface area (Å²) in [5, 5.41) is 30.0. The van der Waals surface area contributed by atoms with E-state index < -0.39 is 28.6 Å². The predicted octanol–water partition coefficient (Wildman–Crippen LogP) is 1.57. The number of hydrogen-bond donors (Lipinski definition) is 1. The molecule has 0 radical (unpaired) electrons. The van der Waals surface area contributed by atoms with Crippen LogP contribution in [0.2, 0.25) is 0 Å². The Morgan fingerprint density at radius 2 is 2.00 bits per heavy atom. The fourth-order valence-electron chi connectivity index (χ4n) is 2.99. The van der Waals surface area contributed by atoms with Gasteiger partial charge in [0.1, 0.15) is 5.75 Å². The molecular weight excluding hydrogens is 372 g/mol. The molecule has 1 N–H and O–H groups in total. The lowest BCUT2D eigenvalue weighted by Gasteiger charge is -2.35. The summed E-state index contributed by atoms with van der Waals surface area (Å²) in [6.07, 6.45) is -1.03. The third-order valence-corrected chi connectivity index (χ3v) is 4.38. The van der Waals surface area contributed by atoms with Crippen molar-refractivity contribution in [1.82, 2.24) is 4.90 Å². The normalized spacial score (nSPS) is 14.8. The maximum atomic E-state index is 12.1. The van der Waals surface area contributed by atoms with Crippen molar-refractivity contribution in [3.05, 3.63) is 27.8 Å². The maximum absolute atomic E-state index is 12.1. The van der Waals surface area contributed by atoms with Gasteiger partial charge >= 0.3 is 12.1 Å². The Morgan fingerprint density at radius 1 is 1.36 bits per heavy atom. The molecule has 1 aromatic rings. The molecule has 0 bridgehead atoms. The number of anilines is 1. The first-order chi connectivity index (χ1) is 13.3. The Hall–Kier alpha value is -3.55. The Morgan fingerprint density at radius 3 is 2.46 bits per heavy atom. The second-order valence-electron chi connectivity index (χ2n) is 5.91. The average Bonchev–Trinajstić information content (AvgIpc) is 2.68. The van der Waals surface area contributed by atoms with Gasteiger partial charge in [-0.3, -0.25) is 14.9 Å². The van der Waals surface area contributed by atoms with Gasteiger partial charge < -0.3 is 24.4 Å². The zero-order valence-corrected chi connectivity index (χ0v) is 15.5. The van der Waals surface area contributed by atoms with Crippen LogP contribution in [0.5, 0.6) is 5.75 Å². The van der Waals surface area contributed by atoms with Gasteiger partial charge in [0.15, 0.2) is 5.92 Å². The molecule has 28 heavy (non-hydrogen) atoms. The summed E-state index contributed by atoms with van der Waals surface area (Å²) < 4.78 is 10.2. The maximum Gasteiger partial charge on any atom is 0.407 e. The summed E-state index contributed by atoms with van der Waals surface area (Å²) >= 11 is 0. The number of carbonyl (C=O) groups is 2. The molecule has 1 unspecified atom stereocenters. The van der Waals surface area contributed by atoms with Crippen LogP contribution in [0.1, 0.15) is 18.4 Å². The van der Waals surface area contributed by atoms with Gasteiger partial charge in [-0.1, -0.05) is 0 Å². The van der Waals surface area contributed by atoms with E-state index in [1.54, 1.807) is 17.9 Å². The van der Waals surface area contributed by atoms with Gasteiger partial charge in [-0.05, 0) is 13.0 Å². The lowest BCUT2D eigenvalue weighted by Crippen LogP contribution is -2.48. The highest BCUT2D eigenvalue weighted by atomic mass is 16.6. The van der Waals surface area contributed by atoms with E-state index in [2.05, 4.69) is 0 Å². The zero-order chi connectivity index (χ0) is 20.8. The molecule has 1 fully saturated rings. The smallest absolute Gasteiger partial charge is 0.407 e. The first-order valence-corrected chi connectivity index (χ1v) is 8.49. The first kappa shape index (κ1) is 20.8. The Bertz CT molecular complexity index is 812. The second kappa shape index (κ2) is 8.90. The quantitative estimate of drug-likeness (QED) is 0.433. The lowest BCUT2D eigenvalue weighted by atomic mass is 9.97. The van der Waals surface area contributed by atoms with Crippen molar-refractivity contribution in [2.75, 3.05) is 44.8 Å². The van der Waals surface area contributed by atoms with Crippen LogP contribution in [0, 0.1) is 21.4 Å². The fraction of sp³-hybridized carbons (Fsp3) is 0.471. The van der Waals surface area contributed by atoms with Gasteiger partial charge in [0.25, 0.3) is 5.69 Å². The topological polar surface area (TPSA) is 146 Å². The molecule has 1 saturated heterocycles. The van der Waals surface area contributed by atoms with Crippen LogP contribution in [0.4, 0.5) is 16.2 Å². The van der Waals surface area contributed by atoms with Crippen molar-refractivity contribution in [1.29, 1.82) is 5.26 Å². The Kier molecular flexibility index (Phi) is 6.59. The monoisotopic (exact) mass is 392 g/mol. The number of esters is 1. The SMILES string of the molecule is CCOC(=O)C(C#N)c1cc(OC)c(N2CCN(C(=O)O)CC2)cc1[N+](=O)[O-]. The van der Waals surface area contributed by atoms with Gasteiger partial charge in [-0.15, -0.1) is 0 Å². The van der Waals surface area contributed by atoms with E-state index in [9.17, 15) is 25.0 Å². The number of piperazine rings is 1. The van der Waals surface area contributed by atoms with E-state index in [0.29, 0.717) is 18.8 Å². The molecule has 0 aromatic heterocycles. The summed E-state index contributed by atoms with van der Waals surface area (Å²) in [6, 6.07) is 4.28. The molecule has 1 aliphatic heterocycles. The number of ether oxygens (including phenoxy) is 2. The van der Waals surface area contributed by atoms with Crippen molar-refractivity contribution >= 4 is 23.4 Å². The van der Waals surface area contributed by atoms with Gasteiger partial charge in [0, 0.05) is 32.2 Å². The molecule has 2 rings (SSSR count). The molecule has 150 valence electrons. The molecule has 0 spiro atoms. The minimum Gasteiger partial charge on any atom is -0.495 e. The molecule has 0 aliphatic carbocycles. The molecule has 1 atom stereocenters. The molecule has 1 aliphatic rings. The number of amides is 1. The summed E-state index contributed by atoms with van der Waals surface area (Å²) in [6.45, 7) is 2.71. The number of nitro groups is 1. The lowest BCUT2D eigenvalue weighted by molar-refractivity contribution is -0.385. The number of carbonyl (C=O) groups excluding carboxylic acids is 1. The summed E-state index contributed by atoms with van der Waals surface area (Å²) in [7, 11) is 1.37. The number of methoxy groups -OCH3 is 1. The Labute approximate surface area is 160 Å². The number of rotatable bonds is 6. The zero-order valence-electron chi connectivity index (χ0n) is 15.5. The minimum absolute atomic E-state index is 0.0356. The van der Waals surface area contributed by atoms with Crippen molar-refractivity contribution in [3.63, 3.8) is 0 Å². The highest BCUT2D eigenvalue weighted by molar-refractivity contribution is 5.84. The predicted molar refractivity (Wildman–Crippen MR) is 96.4 cm³/mol. The minimum atomic E-state index is -1.47. The molecule has 11 heteroatoms. The van der Waals surface area contributed by atoms with E-state index in [-0.39, 0.29) is 31.0 Å². The van der Waals surface area contributed by atoms with E-state index >= 15 is 0 Å². The largest absolute Gasteiger partial charge is 0.495 e. The van der Waals surface area contributed by atoms with Gasteiger partial charge in [0.05, 0.1) is 36.0 Å². The third-order valence-electron chi connectivity index (χ3n) is 4.38. The highest BCUT2D eigenvalue weighted by Gasteiger charge is 2.33. The molecular formula is C17H20N4O7. The van der Waals surface area contributed by atoms with Crippen LogP contribution in [-0.4, -0.2) is 66.9 Å². The van der Waals surface area contributed by atoms with Gasteiger partial charge in [-0.25, -0.2) is 4.79 Å². The van der Waals surface area contributed by atoms with Crippen LogP contribution in [-0.2, 0) is 9.53 Å². The first-order valence-electron chi connectivity index (χ1n) is 8.49. The van der Waals surface area contributed by atoms with Crippen molar-refractivity contribution in [3.8, 4) is 11.8 Å². The summed E-state index contributed by atoms with van der Waals surface area (Å²) in [5.74, 6) is -2.10. The third kappa shape index (κ3) is 4.22. The molecule has 0 saturated carbocycles. The fourth-order valence-corrected chi connectivity index (χ4v) is 2.99. The summed E-state index contributed by atoms with van der Waals surface area (Å²) in [4.78, 5) is 37.0. The van der Waals surface area contributed by atoms with E-state index in [4.69, 9.17) is 14.6 Å². The van der Waals surface area contributed by atoms with Crippen LogP contribution >= 0.6 is 0 Å². The summed E-state index contributed by atoms with van der Waals surface area (Å²) in [5.41, 5.74) is -0.129. The van der Waals surface area contributed by atoms with E-state index in [1.165, 1.54) is 24.1 Å². The number of hydrogen-bond acceptors (Lipinski definition) is 8. The second-order valence-corrected chi connectivity index (χ2v) is 5.91. The molecule has 1 amide bonds. The van der Waals surface area contributed by atoms with Crippen molar-refractivity contribution < 1.29 is 29.1 Å². The van der Waals surface area contributed by atoms with Crippen LogP contribution in [0.3, 0.4) is 0 Å². The van der Waals surface area contributed by atoms with Gasteiger partial charge in [0.2, 0.25) is 0 Å². The van der Waals surface area contributed by atoms with Crippen molar-refractivity contribution in [2.24, 2.45) is 0 Å². The number of nitro benzene ring substituents is 1. The molecule has 1 aromatic carbocycles. The van der Waals surface area contributed by atoms with Crippen LogP contribution < -0.4 is 9.64 Å². The van der Waals surface area contributed by atoms with Crippen molar-refractivity contribution in [2.45, 2.75) is 12.8 Å². The number of nitrogens with zero attached hydrogens (tertiary/aromatic N) is 4. The number of benzene rings is 1. The standard InChI is InChI=1S/C17H20N4O7/c1-3-28-16(22)12(10-18)11-8-15(27-2)14(9-13(11)21(25)26)19-4-6-20(7-5-19)17(23)24/h8-9,12H,3-7H2,1-2H3,(H,23,24).